The molecule has 0 saturated heterocycles. The highest BCUT2D eigenvalue weighted by atomic mass is 16.3. The second-order valence-corrected chi connectivity index (χ2v) is 3.87. The molecule has 2 heteroatoms. The molecule has 2 rings (SSSR count). The SMILES string of the molecule is CC(C)=C1[C@H]2C=C[C@@H]1[C@@H](O)[C@H]2O. The first-order valence-corrected chi connectivity index (χ1v) is 4.34. The molecule has 0 radical (unpaired) electrons. The Labute approximate surface area is 72.2 Å². The van der Waals surface area contributed by atoms with E-state index in [1.165, 1.54) is 11.1 Å². The Morgan fingerprint density at radius 3 is 1.75 bits per heavy atom. The molecule has 1 fully saturated rings. The first-order valence-electron chi connectivity index (χ1n) is 4.34. The third-order valence-corrected chi connectivity index (χ3v) is 2.91. The van der Waals surface area contributed by atoms with Crippen LogP contribution in [-0.2, 0) is 0 Å². The second-order valence-electron chi connectivity index (χ2n) is 3.87. The average Bonchev–Trinajstić information content (AvgIpc) is 2.51. The minimum Gasteiger partial charge on any atom is -0.389 e. The van der Waals surface area contributed by atoms with Crippen molar-refractivity contribution < 1.29 is 10.2 Å². The lowest BCUT2D eigenvalue weighted by atomic mass is 9.99. The van der Waals surface area contributed by atoms with Crippen LogP contribution in [0.3, 0.4) is 0 Å². The molecule has 2 aliphatic rings. The fourth-order valence-electron chi connectivity index (χ4n) is 2.36. The van der Waals surface area contributed by atoms with Gasteiger partial charge >= 0.3 is 0 Å². The fraction of sp³-hybridized carbons (Fsp3) is 0.600. The molecule has 0 heterocycles. The van der Waals surface area contributed by atoms with Crippen molar-refractivity contribution in [1.29, 1.82) is 0 Å². The third-order valence-electron chi connectivity index (χ3n) is 2.91. The minimum absolute atomic E-state index is 0.0787. The summed E-state index contributed by atoms with van der Waals surface area (Å²) in [5, 5.41) is 19.1. The molecule has 2 bridgehead atoms. The standard InChI is InChI=1S/C10H14O2/c1-5(2)8-6-3-4-7(8)10(12)9(6)11/h3-4,6-7,9-12H,1-2H3/t6-,7+,9+,10-. The fourth-order valence-corrected chi connectivity index (χ4v) is 2.36. The van der Waals surface area contributed by atoms with Crippen molar-refractivity contribution in [2.75, 3.05) is 0 Å². The van der Waals surface area contributed by atoms with Gasteiger partial charge < -0.3 is 10.2 Å². The van der Waals surface area contributed by atoms with Gasteiger partial charge in [0.1, 0.15) is 0 Å². The second kappa shape index (κ2) is 2.44. The van der Waals surface area contributed by atoms with Crippen molar-refractivity contribution in [1.82, 2.24) is 0 Å². The molecular formula is C10H14O2. The number of rotatable bonds is 0. The molecule has 0 amide bonds. The number of allylic oxidation sites excluding steroid dienone is 1. The van der Waals surface area contributed by atoms with Crippen LogP contribution in [0.2, 0.25) is 0 Å². The smallest absolute Gasteiger partial charge is 0.0908 e. The van der Waals surface area contributed by atoms with Gasteiger partial charge in [0.15, 0.2) is 0 Å². The van der Waals surface area contributed by atoms with Crippen molar-refractivity contribution in [3.05, 3.63) is 23.3 Å². The zero-order valence-corrected chi connectivity index (χ0v) is 7.36. The number of fused-ring (bicyclic) bond motifs is 2. The summed E-state index contributed by atoms with van der Waals surface area (Å²) in [7, 11) is 0. The monoisotopic (exact) mass is 166 g/mol. The molecule has 0 aromatic rings. The molecule has 12 heavy (non-hydrogen) atoms. The maximum atomic E-state index is 9.57. The summed E-state index contributed by atoms with van der Waals surface area (Å²) in [6.07, 6.45) is 2.85. The van der Waals surface area contributed by atoms with Crippen molar-refractivity contribution >= 4 is 0 Å². The van der Waals surface area contributed by atoms with Gasteiger partial charge in [0.05, 0.1) is 12.2 Å². The Kier molecular flexibility index (Phi) is 1.63. The van der Waals surface area contributed by atoms with Crippen LogP contribution in [0.5, 0.6) is 0 Å². The van der Waals surface area contributed by atoms with Crippen LogP contribution in [0.25, 0.3) is 0 Å². The van der Waals surface area contributed by atoms with Crippen molar-refractivity contribution in [3.63, 3.8) is 0 Å². The van der Waals surface area contributed by atoms with E-state index in [-0.39, 0.29) is 11.8 Å². The first-order chi connectivity index (χ1) is 5.63. The maximum Gasteiger partial charge on any atom is 0.0908 e. The molecule has 66 valence electrons. The highest BCUT2D eigenvalue weighted by Gasteiger charge is 2.46. The normalized spacial score (nSPS) is 44.2. The van der Waals surface area contributed by atoms with Gasteiger partial charge in [-0.25, -0.2) is 0 Å². The van der Waals surface area contributed by atoms with Crippen LogP contribution in [0.1, 0.15) is 13.8 Å². The molecule has 4 atom stereocenters. The van der Waals surface area contributed by atoms with Gasteiger partial charge in [-0.1, -0.05) is 23.3 Å². The summed E-state index contributed by atoms with van der Waals surface area (Å²) in [6.45, 7) is 4.07. The van der Waals surface area contributed by atoms with Gasteiger partial charge in [0, 0.05) is 11.8 Å². The van der Waals surface area contributed by atoms with Crippen LogP contribution in [0, 0.1) is 11.8 Å². The van der Waals surface area contributed by atoms with Crippen LogP contribution in [0.4, 0.5) is 0 Å². The molecule has 0 unspecified atom stereocenters. The summed E-state index contributed by atoms with van der Waals surface area (Å²) in [5.41, 5.74) is 2.45. The third kappa shape index (κ3) is 0.822. The number of aliphatic hydroxyl groups excluding tert-OH is 2. The van der Waals surface area contributed by atoms with E-state index < -0.39 is 12.2 Å². The van der Waals surface area contributed by atoms with Gasteiger partial charge in [-0.2, -0.15) is 0 Å². The van der Waals surface area contributed by atoms with Crippen LogP contribution >= 0.6 is 0 Å². The summed E-state index contributed by atoms with van der Waals surface area (Å²) in [4.78, 5) is 0. The molecule has 2 N–H and O–H groups in total. The van der Waals surface area contributed by atoms with E-state index in [1.807, 2.05) is 26.0 Å². The van der Waals surface area contributed by atoms with E-state index >= 15 is 0 Å². The number of hydrogen-bond donors (Lipinski definition) is 2. The van der Waals surface area contributed by atoms with Gasteiger partial charge in [0.2, 0.25) is 0 Å². The zero-order valence-electron chi connectivity index (χ0n) is 7.36. The Morgan fingerprint density at radius 2 is 1.50 bits per heavy atom. The lowest BCUT2D eigenvalue weighted by molar-refractivity contribution is 0.0135. The Hall–Kier alpha value is -0.600. The topological polar surface area (TPSA) is 40.5 Å². The van der Waals surface area contributed by atoms with E-state index in [0.29, 0.717) is 0 Å². The summed E-state index contributed by atoms with van der Waals surface area (Å²) < 4.78 is 0. The maximum absolute atomic E-state index is 9.57. The zero-order chi connectivity index (χ0) is 8.88. The van der Waals surface area contributed by atoms with E-state index in [1.54, 1.807) is 0 Å². The molecule has 2 aliphatic carbocycles. The molecule has 0 aromatic carbocycles. The Morgan fingerprint density at radius 1 is 1.08 bits per heavy atom. The molecule has 2 nitrogen and oxygen atoms in total. The quantitative estimate of drug-likeness (QED) is 0.524. The molecular weight excluding hydrogens is 152 g/mol. The molecule has 0 aromatic heterocycles. The van der Waals surface area contributed by atoms with Gasteiger partial charge in [-0.05, 0) is 13.8 Å². The minimum atomic E-state index is -0.579. The lowest BCUT2D eigenvalue weighted by Crippen LogP contribution is -2.29. The Balaban J connectivity index is 2.43. The predicted molar refractivity (Wildman–Crippen MR) is 46.5 cm³/mol. The van der Waals surface area contributed by atoms with E-state index in [2.05, 4.69) is 0 Å². The van der Waals surface area contributed by atoms with Crippen LogP contribution in [-0.4, -0.2) is 22.4 Å². The van der Waals surface area contributed by atoms with Gasteiger partial charge in [-0.15, -0.1) is 0 Å². The van der Waals surface area contributed by atoms with E-state index in [9.17, 15) is 10.2 Å². The first kappa shape index (κ1) is 8.02. The van der Waals surface area contributed by atoms with Crippen molar-refractivity contribution in [3.8, 4) is 0 Å². The predicted octanol–water partition coefficient (Wildman–Crippen LogP) is 0.860. The molecule has 0 aliphatic heterocycles. The largest absolute Gasteiger partial charge is 0.389 e. The Bertz CT molecular complexity index is 241. The lowest BCUT2D eigenvalue weighted by Gasteiger charge is -2.16. The van der Waals surface area contributed by atoms with Gasteiger partial charge in [-0.3, -0.25) is 0 Å². The number of aliphatic hydroxyl groups is 2. The average molecular weight is 166 g/mol. The highest BCUT2D eigenvalue weighted by molar-refractivity contribution is 5.39. The molecule has 0 spiro atoms. The van der Waals surface area contributed by atoms with Crippen LogP contribution < -0.4 is 0 Å². The van der Waals surface area contributed by atoms with Crippen LogP contribution in [0.15, 0.2) is 23.3 Å². The highest BCUT2D eigenvalue weighted by Crippen LogP contribution is 2.45. The summed E-state index contributed by atoms with van der Waals surface area (Å²) in [6, 6.07) is 0. The van der Waals surface area contributed by atoms with Crippen molar-refractivity contribution in [2.24, 2.45) is 11.8 Å². The van der Waals surface area contributed by atoms with Gasteiger partial charge in [0.25, 0.3) is 0 Å². The van der Waals surface area contributed by atoms with E-state index in [4.69, 9.17) is 0 Å². The summed E-state index contributed by atoms with van der Waals surface area (Å²) >= 11 is 0. The van der Waals surface area contributed by atoms with E-state index in [0.717, 1.165) is 0 Å². The molecule has 1 saturated carbocycles. The summed E-state index contributed by atoms with van der Waals surface area (Å²) in [5.74, 6) is 0.157. The number of hydrogen-bond acceptors (Lipinski definition) is 2. The van der Waals surface area contributed by atoms with Crippen molar-refractivity contribution in [2.45, 2.75) is 26.1 Å².